The summed E-state index contributed by atoms with van der Waals surface area (Å²) < 4.78 is 42.6. The Morgan fingerprint density at radius 3 is 2.14 bits per heavy atom. The van der Waals surface area contributed by atoms with Crippen molar-refractivity contribution in [3.8, 4) is 33.6 Å². The van der Waals surface area contributed by atoms with Crippen LogP contribution in [-0.4, -0.2) is 99.9 Å². The van der Waals surface area contributed by atoms with E-state index >= 15 is 0 Å². The highest BCUT2D eigenvalue weighted by Crippen LogP contribution is 2.41. The molecule has 0 radical (unpaired) electrons. The van der Waals surface area contributed by atoms with Gasteiger partial charge in [-0.05, 0) is 117 Å². The van der Waals surface area contributed by atoms with Crippen LogP contribution in [0.2, 0.25) is 5.02 Å². The molecule has 7 aromatic rings. The fourth-order valence-electron chi connectivity index (χ4n) is 9.70. The Morgan fingerprint density at radius 2 is 1.49 bits per heavy atom. The van der Waals surface area contributed by atoms with Gasteiger partial charge in [-0.15, -0.1) is 31.7 Å². The molecule has 0 spiro atoms. The second-order valence-electron chi connectivity index (χ2n) is 19.4. The predicted molar refractivity (Wildman–Crippen MR) is 275 cm³/mol. The topological polar surface area (TPSA) is 167 Å². The van der Waals surface area contributed by atoms with Crippen molar-refractivity contribution in [2.45, 2.75) is 91.5 Å². The van der Waals surface area contributed by atoms with E-state index in [4.69, 9.17) is 16.6 Å². The molecular formula is C54H56ClF3N10O4S. The second kappa shape index (κ2) is 20.9. The molecule has 0 saturated carbocycles. The number of phenolic OH excluding ortho intramolecular Hbond substituents is 2. The SMILES string of the molecule is Cc1sc2c(c1C)C(c1ccc(Cl)cc1)=N[C@H](CC(=O)N1CCC(Cc3ccc(CN(C)Cc4ccc(-n5c(C(=O)NCC(F)(F)F)nnc5-c5cc(C(C)C)c(O)cc5O)cc4)cc3)CC1)c1nnc(C)n1-2. The third-order valence-electron chi connectivity index (χ3n) is 13.7. The first-order valence-corrected chi connectivity index (χ1v) is 25.4. The number of phenols is 2. The van der Waals surface area contributed by atoms with Crippen LogP contribution in [0.3, 0.4) is 0 Å². The number of carbonyl (C=O) groups is 2. The molecule has 4 aromatic carbocycles. The summed E-state index contributed by atoms with van der Waals surface area (Å²) in [7, 11) is 2.01. The number of rotatable bonds is 14. The number of halogens is 4. The normalized spacial score (nSPS) is 15.1. The van der Waals surface area contributed by atoms with Crippen LogP contribution < -0.4 is 5.32 Å². The molecule has 0 bridgehead atoms. The predicted octanol–water partition coefficient (Wildman–Crippen LogP) is 10.4. The summed E-state index contributed by atoms with van der Waals surface area (Å²) in [5.41, 5.74) is 8.27. The van der Waals surface area contributed by atoms with Crippen LogP contribution in [-0.2, 0) is 24.3 Å². The Kier molecular flexibility index (Phi) is 14.6. The molecular weight excluding hydrogens is 977 g/mol. The van der Waals surface area contributed by atoms with Crippen LogP contribution in [0.15, 0.2) is 89.9 Å². The third kappa shape index (κ3) is 11.1. The van der Waals surface area contributed by atoms with Crippen LogP contribution in [0.1, 0.15) is 111 Å². The maximum Gasteiger partial charge on any atom is 0.405 e. The van der Waals surface area contributed by atoms with Gasteiger partial charge in [-0.2, -0.15) is 13.2 Å². The van der Waals surface area contributed by atoms with Gasteiger partial charge in [-0.1, -0.05) is 74.0 Å². The molecule has 9 rings (SSSR count). The number of likely N-dealkylation sites (tertiary alicyclic amines) is 1. The van der Waals surface area contributed by atoms with Crippen molar-refractivity contribution >= 4 is 40.5 Å². The summed E-state index contributed by atoms with van der Waals surface area (Å²) in [6.45, 7) is 10.9. The molecule has 2 amide bonds. The molecule has 5 heterocycles. The average Bonchev–Trinajstić information content (AvgIpc) is 4.02. The second-order valence-corrected chi connectivity index (χ2v) is 21.0. The number of hydrogen-bond acceptors (Lipinski definition) is 11. The zero-order valence-corrected chi connectivity index (χ0v) is 42.9. The largest absolute Gasteiger partial charge is 0.508 e. The lowest BCUT2D eigenvalue weighted by Crippen LogP contribution is -2.39. The molecule has 19 heteroatoms. The van der Waals surface area contributed by atoms with E-state index in [2.05, 4.69) is 68.0 Å². The van der Waals surface area contributed by atoms with E-state index in [1.807, 2.05) is 74.4 Å². The van der Waals surface area contributed by atoms with Gasteiger partial charge in [0.05, 0.1) is 17.7 Å². The molecule has 3 N–H and O–H groups in total. The number of nitrogens with zero attached hydrogens (tertiary/aromatic N) is 9. The summed E-state index contributed by atoms with van der Waals surface area (Å²) in [6.07, 6.45) is -1.76. The first-order valence-electron chi connectivity index (χ1n) is 24.2. The van der Waals surface area contributed by atoms with Crippen LogP contribution >= 0.6 is 22.9 Å². The van der Waals surface area contributed by atoms with Crippen LogP contribution in [0.25, 0.3) is 22.1 Å². The van der Waals surface area contributed by atoms with Crippen molar-refractivity contribution < 1.29 is 33.0 Å². The molecule has 3 aromatic heterocycles. The zero-order valence-electron chi connectivity index (χ0n) is 41.3. The van der Waals surface area contributed by atoms with Crippen molar-refractivity contribution in [1.82, 2.24) is 44.6 Å². The monoisotopic (exact) mass is 1030 g/mol. The lowest BCUT2D eigenvalue weighted by atomic mass is 9.89. The van der Waals surface area contributed by atoms with Gasteiger partial charge in [0.1, 0.15) is 34.9 Å². The maximum atomic E-state index is 14.1. The fourth-order valence-corrected chi connectivity index (χ4v) is 11.0. The van der Waals surface area contributed by atoms with E-state index in [1.165, 1.54) is 27.1 Å². The van der Waals surface area contributed by atoms with E-state index < -0.39 is 30.5 Å². The van der Waals surface area contributed by atoms with Crippen molar-refractivity contribution in [1.29, 1.82) is 0 Å². The Labute approximate surface area is 430 Å². The Morgan fingerprint density at radius 1 is 0.849 bits per heavy atom. The zero-order chi connectivity index (χ0) is 51.9. The maximum absolute atomic E-state index is 14.1. The highest BCUT2D eigenvalue weighted by atomic mass is 35.5. The summed E-state index contributed by atoms with van der Waals surface area (Å²) in [6, 6.07) is 25.6. The fraction of sp³-hybridized carbons (Fsp3) is 0.352. The molecule has 2 aliphatic heterocycles. The summed E-state index contributed by atoms with van der Waals surface area (Å²) in [5.74, 6) is -0.203. The first-order chi connectivity index (χ1) is 34.8. The van der Waals surface area contributed by atoms with E-state index in [-0.39, 0.29) is 41.1 Å². The molecule has 1 saturated heterocycles. The molecule has 1 fully saturated rings. The van der Waals surface area contributed by atoms with E-state index in [0.717, 1.165) is 63.6 Å². The molecule has 0 unspecified atom stereocenters. The smallest absolute Gasteiger partial charge is 0.405 e. The number of aliphatic imine (C=N–C) groups is 1. The van der Waals surface area contributed by atoms with Crippen LogP contribution in [0.5, 0.6) is 11.5 Å². The first kappa shape index (κ1) is 51.0. The number of thiophene rings is 1. The molecule has 1 atom stereocenters. The van der Waals surface area contributed by atoms with Crippen molar-refractivity contribution in [2.24, 2.45) is 10.9 Å². The van der Waals surface area contributed by atoms with Gasteiger partial charge >= 0.3 is 6.18 Å². The van der Waals surface area contributed by atoms with Gasteiger partial charge in [-0.3, -0.25) is 28.6 Å². The Hall–Kier alpha value is -6.89. The number of carbonyl (C=O) groups excluding carboxylic acids is 2. The number of benzene rings is 4. The summed E-state index contributed by atoms with van der Waals surface area (Å²) in [5, 5.41) is 42.0. The van der Waals surface area contributed by atoms with Gasteiger partial charge in [0.25, 0.3) is 5.91 Å². The van der Waals surface area contributed by atoms with E-state index in [9.17, 15) is 33.0 Å². The van der Waals surface area contributed by atoms with Crippen LogP contribution in [0.4, 0.5) is 13.2 Å². The number of aromatic nitrogens is 6. The molecule has 380 valence electrons. The lowest BCUT2D eigenvalue weighted by Gasteiger charge is -2.32. The number of nitrogens with one attached hydrogen (secondary N) is 1. The quantitative estimate of drug-likeness (QED) is 0.0961. The van der Waals surface area contributed by atoms with Crippen molar-refractivity contribution in [3.05, 3.63) is 151 Å². The number of hydrogen-bond donors (Lipinski definition) is 3. The van der Waals surface area contributed by atoms with Crippen molar-refractivity contribution in [2.75, 3.05) is 26.7 Å². The van der Waals surface area contributed by atoms with Gasteiger partial charge in [0.2, 0.25) is 11.7 Å². The van der Waals surface area contributed by atoms with Gasteiger partial charge in [-0.25, -0.2) is 0 Å². The molecule has 73 heavy (non-hydrogen) atoms. The number of aryl methyl sites for hydroxylation is 2. The Balaban J connectivity index is 0.815. The van der Waals surface area contributed by atoms with Gasteiger partial charge in [0, 0.05) is 59.0 Å². The van der Waals surface area contributed by atoms with Crippen LogP contribution in [0, 0.1) is 26.7 Å². The minimum Gasteiger partial charge on any atom is -0.508 e. The molecule has 14 nitrogen and oxygen atoms in total. The molecule has 2 aliphatic rings. The number of alkyl halides is 3. The summed E-state index contributed by atoms with van der Waals surface area (Å²) in [4.78, 5) is 37.8. The van der Waals surface area contributed by atoms with Crippen molar-refractivity contribution in [3.63, 3.8) is 0 Å². The Bertz CT molecular complexity index is 3190. The van der Waals surface area contributed by atoms with Gasteiger partial charge in [0.15, 0.2) is 11.6 Å². The summed E-state index contributed by atoms with van der Waals surface area (Å²) >= 11 is 7.98. The minimum atomic E-state index is -4.65. The highest BCUT2D eigenvalue weighted by molar-refractivity contribution is 7.15. The number of piperidine rings is 1. The lowest BCUT2D eigenvalue weighted by molar-refractivity contribution is -0.133. The third-order valence-corrected chi connectivity index (χ3v) is 15.1. The highest BCUT2D eigenvalue weighted by Gasteiger charge is 2.35. The van der Waals surface area contributed by atoms with E-state index in [0.29, 0.717) is 54.2 Å². The van der Waals surface area contributed by atoms with Gasteiger partial charge < -0.3 is 20.4 Å². The number of aromatic hydroxyl groups is 2. The molecule has 0 aliphatic carbocycles. The average molecular weight is 1030 g/mol. The number of amides is 2. The number of fused-ring (bicyclic) bond motifs is 3. The minimum absolute atomic E-state index is 0.0113. The standard InChI is InChI=1S/C54H56ClF3N10O4S/c1-30(2)41-24-42(45(70)26-44(41)69)49-62-64-51(52(72)59-29-54(56,57)58)68(49)40-17-11-37(12-18-40)28-65(6)27-36-9-7-34(8-10-36)23-35-19-21-66(22-20-35)46(71)25-43-50-63-61-33(5)67(50)53-47(31(3)32(4)73-53)48(60-43)38-13-15-39(55)16-14-38/h7-18,24,26,30,35,43,69-70H,19-23,25,27-29H2,1-6H3,(H,59,72)/t43-/m1/s1. The van der Waals surface area contributed by atoms with E-state index in [1.54, 1.807) is 23.5 Å².